The third-order valence-corrected chi connectivity index (χ3v) is 4.98. The Hall–Kier alpha value is -2.81. The number of carbonyl (C=O) groups is 2. The van der Waals surface area contributed by atoms with Crippen molar-refractivity contribution in [1.29, 1.82) is 0 Å². The van der Waals surface area contributed by atoms with Crippen LogP contribution in [0.25, 0.3) is 0 Å². The minimum Gasteiger partial charge on any atom is -0.472 e. The number of hydrogen-bond donors (Lipinski definition) is 0. The van der Waals surface area contributed by atoms with Crippen LogP contribution in [0.5, 0.6) is 0 Å². The molecular weight excluding hydrogens is 358 g/mol. The third-order valence-electron chi connectivity index (χ3n) is 4.25. The molecule has 2 amide bonds. The molecule has 0 bridgehead atoms. The first-order valence-corrected chi connectivity index (χ1v) is 9.17. The van der Waals surface area contributed by atoms with E-state index in [1.54, 1.807) is 28.0 Å². The topological polar surface area (TPSA) is 96.9 Å². The normalized spacial score (nSPS) is 14.3. The number of furan rings is 1. The zero-order valence-corrected chi connectivity index (χ0v) is 14.9. The minimum atomic E-state index is -0.546. The number of benzene rings is 1. The maximum Gasteiger partial charge on any atom is 0.282 e. The van der Waals surface area contributed by atoms with Crippen molar-refractivity contribution < 1.29 is 18.9 Å². The lowest BCUT2D eigenvalue weighted by atomic mass is 10.1. The van der Waals surface area contributed by atoms with Gasteiger partial charge in [0, 0.05) is 37.1 Å². The number of hydrogen-bond acceptors (Lipinski definition) is 6. The predicted molar refractivity (Wildman–Crippen MR) is 95.4 cm³/mol. The molecule has 0 unspecified atom stereocenters. The Balaban J connectivity index is 1.72. The van der Waals surface area contributed by atoms with Crippen LogP contribution in [0, 0.1) is 10.1 Å². The second-order valence-electron chi connectivity index (χ2n) is 5.74. The molecule has 1 aliphatic heterocycles. The van der Waals surface area contributed by atoms with Crippen LogP contribution in [0.3, 0.4) is 0 Å². The molecule has 0 N–H and O–H groups in total. The number of nitro benzene ring substituents is 1. The summed E-state index contributed by atoms with van der Waals surface area (Å²) in [7, 11) is 0. The van der Waals surface area contributed by atoms with Gasteiger partial charge < -0.3 is 14.2 Å². The van der Waals surface area contributed by atoms with Crippen LogP contribution >= 0.6 is 11.8 Å². The zero-order valence-electron chi connectivity index (χ0n) is 14.1. The summed E-state index contributed by atoms with van der Waals surface area (Å²) < 4.78 is 4.92. The summed E-state index contributed by atoms with van der Waals surface area (Å²) >= 11 is 1.42. The molecule has 136 valence electrons. The van der Waals surface area contributed by atoms with Crippen molar-refractivity contribution in [2.24, 2.45) is 0 Å². The molecule has 1 aliphatic rings. The van der Waals surface area contributed by atoms with Gasteiger partial charge in [-0.1, -0.05) is 0 Å². The first-order chi connectivity index (χ1) is 12.5. The van der Waals surface area contributed by atoms with Crippen molar-refractivity contribution in [2.75, 3.05) is 32.4 Å². The molecule has 1 saturated heterocycles. The van der Waals surface area contributed by atoms with Crippen molar-refractivity contribution in [1.82, 2.24) is 9.80 Å². The van der Waals surface area contributed by atoms with Gasteiger partial charge in [0.2, 0.25) is 0 Å². The average molecular weight is 375 g/mol. The lowest BCUT2D eigenvalue weighted by Crippen LogP contribution is -2.50. The molecule has 0 radical (unpaired) electrons. The van der Waals surface area contributed by atoms with Crippen molar-refractivity contribution >= 4 is 29.3 Å². The van der Waals surface area contributed by atoms with E-state index in [1.165, 1.54) is 30.4 Å². The van der Waals surface area contributed by atoms with Gasteiger partial charge in [-0.2, -0.15) is 0 Å². The fourth-order valence-corrected chi connectivity index (χ4v) is 3.26. The Morgan fingerprint density at radius 2 is 1.77 bits per heavy atom. The molecule has 2 heterocycles. The van der Waals surface area contributed by atoms with Crippen LogP contribution in [0.2, 0.25) is 0 Å². The fourth-order valence-electron chi connectivity index (χ4n) is 2.82. The van der Waals surface area contributed by atoms with Crippen LogP contribution in [-0.2, 0) is 0 Å². The second kappa shape index (κ2) is 7.61. The van der Waals surface area contributed by atoms with E-state index in [0.717, 1.165) is 4.90 Å². The van der Waals surface area contributed by atoms with Crippen molar-refractivity contribution in [3.8, 4) is 0 Å². The summed E-state index contributed by atoms with van der Waals surface area (Å²) in [6.07, 6.45) is 4.66. The second-order valence-corrected chi connectivity index (χ2v) is 6.62. The molecule has 26 heavy (non-hydrogen) atoms. The largest absolute Gasteiger partial charge is 0.472 e. The lowest BCUT2D eigenvalue weighted by Gasteiger charge is -2.34. The Kier molecular flexibility index (Phi) is 5.27. The average Bonchev–Trinajstić information content (AvgIpc) is 3.21. The molecule has 0 spiro atoms. The van der Waals surface area contributed by atoms with Crippen LogP contribution in [-0.4, -0.2) is 59.0 Å². The van der Waals surface area contributed by atoms with E-state index in [4.69, 9.17) is 4.42 Å². The highest BCUT2D eigenvalue weighted by Gasteiger charge is 2.29. The Labute approximate surface area is 153 Å². The van der Waals surface area contributed by atoms with Gasteiger partial charge in [-0.15, -0.1) is 11.8 Å². The van der Waals surface area contributed by atoms with E-state index in [-0.39, 0.29) is 23.1 Å². The zero-order chi connectivity index (χ0) is 18.7. The molecule has 1 fully saturated rings. The highest BCUT2D eigenvalue weighted by atomic mass is 32.2. The number of carbonyl (C=O) groups excluding carboxylic acids is 2. The van der Waals surface area contributed by atoms with E-state index in [2.05, 4.69) is 0 Å². The third kappa shape index (κ3) is 3.57. The van der Waals surface area contributed by atoms with E-state index in [9.17, 15) is 19.7 Å². The monoisotopic (exact) mass is 375 g/mol. The lowest BCUT2D eigenvalue weighted by molar-refractivity contribution is -0.385. The summed E-state index contributed by atoms with van der Waals surface area (Å²) in [5.74, 6) is -0.538. The first kappa shape index (κ1) is 18.0. The van der Waals surface area contributed by atoms with Crippen LogP contribution in [0.1, 0.15) is 20.7 Å². The Morgan fingerprint density at radius 1 is 1.12 bits per heavy atom. The Bertz CT molecular complexity index is 829. The predicted octanol–water partition coefficient (Wildman–Crippen LogP) is 2.51. The van der Waals surface area contributed by atoms with Crippen molar-refractivity contribution in [2.45, 2.75) is 4.90 Å². The van der Waals surface area contributed by atoms with Gasteiger partial charge >= 0.3 is 0 Å². The summed E-state index contributed by atoms with van der Waals surface area (Å²) in [6.45, 7) is 1.38. The van der Waals surface area contributed by atoms with Gasteiger partial charge in [-0.3, -0.25) is 19.7 Å². The number of rotatable bonds is 4. The number of piperazine rings is 1. The van der Waals surface area contributed by atoms with Crippen molar-refractivity contribution in [3.05, 3.63) is 58.0 Å². The molecule has 8 nitrogen and oxygen atoms in total. The first-order valence-electron chi connectivity index (χ1n) is 7.94. The van der Waals surface area contributed by atoms with Gasteiger partial charge in [0.25, 0.3) is 17.5 Å². The van der Waals surface area contributed by atoms with Gasteiger partial charge in [-0.05, 0) is 24.5 Å². The number of nitro groups is 1. The molecule has 0 atom stereocenters. The van der Waals surface area contributed by atoms with Gasteiger partial charge in [0.1, 0.15) is 11.8 Å². The van der Waals surface area contributed by atoms with Crippen LogP contribution in [0.4, 0.5) is 5.69 Å². The molecule has 1 aromatic heterocycles. The summed E-state index contributed by atoms with van der Waals surface area (Å²) in [6, 6.07) is 6.13. The molecule has 0 aliphatic carbocycles. The summed E-state index contributed by atoms with van der Waals surface area (Å²) in [4.78, 5) is 39.8. The standard InChI is InChI=1S/C17H17N3O5S/c1-26-13-2-3-15(20(23)24)14(10-13)17(22)19-7-5-18(6-8-19)16(21)12-4-9-25-11-12/h2-4,9-11H,5-8H2,1H3. The minimum absolute atomic E-state index is 0.0801. The molecular formula is C17H17N3O5S. The number of nitrogens with zero attached hydrogens (tertiary/aromatic N) is 3. The van der Waals surface area contributed by atoms with E-state index in [0.29, 0.717) is 31.7 Å². The van der Waals surface area contributed by atoms with E-state index >= 15 is 0 Å². The van der Waals surface area contributed by atoms with Crippen LogP contribution < -0.4 is 0 Å². The smallest absolute Gasteiger partial charge is 0.282 e. The fraction of sp³-hybridized carbons (Fsp3) is 0.294. The molecule has 2 aromatic rings. The Morgan fingerprint density at radius 3 is 2.31 bits per heavy atom. The maximum atomic E-state index is 12.8. The molecule has 1 aromatic carbocycles. The van der Waals surface area contributed by atoms with E-state index < -0.39 is 4.92 Å². The number of thioether (sulfide) groups is 1. The van der Waals surface area contributed by atoms with Gasteiger partial charge in [0.05, 0.1) is 16.7 Å². The van der Waals surface area contributed by atoms with Gasteiger partial charge in [0.15, 0.2) is 0 Å². The highest BCUT2D eigenvalue weighted by molar-refractivity contribution is 7.98. The molecule has 9 heteroatoms. The maximum absolute atomic E-state index is 12.8. The molecule has 0 saturated carbocycles. The van der Waals surface area contributed by atoms with E-state index in [1.807, 2.05) is 6.26 Å². The molecule has 3 rings (SSSR count). The summed E-state index contributed by atoms with van der Waals surface area (Å²) in [5.41, 5.74) is 0.342. The highest BCUT2D eigenvalue weighted by Crippen LogP contribution is 2.26. The van der Waals surface area contributed by atoms with Crippen molar-refractivity contribution in [3.63, 3.8) is 0 Å². The SMILES string of the molecule is CSc1ccc([N+](=O)[O-])c(C(=O)N2CCN(C(=O)c3ccoc3)CC2)c1. The summed E-state index contributed by atoms with van der Waals surface area (Å²) in [5, 5.41) is 11.2. The number of amides is 2. The van der Waals surface area contributed by atoms with Crippen LogP contribution in [0.15, 0.2) is 46.1 Å². The quantitative estimate of drug-likeness (QED) is 0.463. The van der Waals surface area contributed by atoms with Gasteiger partial charge in [-0.25, -0.2) is 0 Å².